The summed E-state index contributed by atoms with van der Waals surface area (Å²) in [5, 5.41) is 5.56. The molecule has 0 radical (unpaired) electrons. The number of thiazole rings is 1. The third-order valence-electron chi connectivity index (χ3n) is 2.96. The lowest BCUT2D eigenvalue weighted by Crippen LogP contribution is -1.97. The molecule has 0 fully saturated rings. The summed E-state index contributed by atoms with van der Waals surface area (Å²) in [7, 11) is 3.02. The van der Waals surface area contributed by atoms with Crippen LogP contribution in [0.5, 0.6) is 11.5 Å². The van der Waals surface area contributed by atoms with Gasteiger partial charge in [-0.2, -0.15) is 5.10 Å². The summed E-state index contributed by atoms with van der Waals surface area (Å²) in [6.07, 6.45) is 1.57. The number of aromatic nitrogens is 1. The standard InChI is InChI=1S/C14H15Cl2N3O2S/c1-7-8(2)22-14(18-7)19-17-6-9-5-10(15)13(21-4)11(16)12(9)20-3/h5-6H,1-4H3,(H,18,19)/b17-6-. The summed E-state index contributed by atoms with van der Waals surface area (Å²) in [5.41, 5.74) is 4.49. The van der Waals surface area contributed by atoms with Crippen molar-refractivity contribution in [3.8, 4) is 11.5 Å². The van der Waals surface area contributed by atoms with Gasteiger partial charge in [0.2, 0.25) is 5.13 Å². The number of nitrogens with zero attached hydrogens (tertiary/aromatic N) is 2. The average Bonchev–Trinajstić information content (AvgIpc) is 2.78. The molecule has 0 saturated carbocycles. The minimum Gasteiger partial charge on any atom is -0.494 e. The summed E-state index contributed by atoms with van der Waals surface area (Å²) in [5.74, 6) is 0.816. The van der Waals surface area contributed by atoms with Crippen molar-refractivity contribution in [1.82, 2.24) is 4.98 Å². The second kappa shape index (κ2) is 7.17. The van der Waals surface area contributed by atoms with Crippen molar-refractivity contribution >= 4 is 45.9 Å². The molecule has 1 aromatic carbocycles. The number of nitrogens with one attached hydrogen (secondary N) is 1. The van der Waals surface area contributed by atoms with E-state index in [1.807, 2.05) is 13.8 Å². The molecule has 0 aliphatic carbocycles. The summed E-state index contributed by atoms with van der Waals surface area (Å²) >= 11 is 13.9. The fourth-order valence-corrected chi connectivity index (χ4v) is 3.24. The Labute approximate surface area is 142 Å². The Morgan fingerprint density at radius 1 is 1.23 bits per heavy atom. The Hall–Kier alpha value is -1.50. The zero-order valence-electron chi connectivity index (χ0n) is 12.5. The summed E-state index contributed by atoms with van der Waals surface area (Å²) in [4.78, 5) is 5.48. The highest BCUT2D eigenvalue weighted by molar-refractivity contribution is 7.15. The molecule has 1 aromatic heterocycles. The van der Waals surface area contributed by atoms with Crippen molar-refractivity contribution in [3.63, 3.8) is 0 Å². The molecule has 5 nitrogen and oxygen atoms in total. The van der Waals surface area contributed by atoms with Crippen molar-refractivity contribution in [2.24, 2.45) is 5.10 Å². The van der Waals surface area contributed by atoms with Gasteiger partial charge in [0.1, 0.15) is 10.8 Å². The van der Waals surface area contributed by atoms with Gasteiger partial charge in [0, 0.05) is 10.4 Å². The maximum Gasteiger partial charge on any atom is 0.203 e. The Bertz CT molecular complexity index is 697. The van der Waals surface area contributed by atoms with Gasteiger partial charge in [0.15, 0.2) is 5.75 Å². The van der Waals surface area contributed by atoms with E-state index in [0.717, 1.165) is 15.7 Å². The molecule has 2 rings (SSSR count). The Morgan fingerprint density at radius 3 is 2.45 bits per heavy atom. The van der Waals surface area contributed by atoms with Crippen LogP contribution in [0.2, 0.25) is 10.0 Å². The third kappa shape index (κ3) is 3.45. The second-order valence-corrected chi connectivity index (χ2v) is 6.35. The number of methoxy groups -OCH3 is 2. The highest BCUT2D eigenvalue weighted by atomic mass is 35.5. The van der Waals surface area contributed by atoms with Crippen molar-refractivity contribution in [2.45, 2.75) is 13.8 Å². The third-order valence-corrected chi connectivity index (χ3v) is 4.56. The van der Waals surface area contributed by atoms with Gasteiger partial charge in [0.05, 0.1) is 31.2 Å². The van der Waals surface area contributed by atoms with E-state index in [4.69, 9.17) is 32.7 Å². The van der Waals surface area contributed by atoms with Crippen molar-refractivity contribution < 1.29 is 9.47 Å². The molecule has 1 N–H and O–H groups in total. The van der Waals surface area contributed by atoms with E-state index < -0.39 is 0 Å². The van der Waals surface area contributed by atoms with E-state index >= 15 is 0 Å². The largest absolute Gasteiger partial charge is 0.494 e. The van der Waals surface area contributed by atoms with Crippen LogP contribution in [-0.4, -0.2) is 25.4 Å². The maximum atomic E-state index is 6.21. The van der Waals surface area contributed by atoms with E-state index in [-0.39, 0.29) is 0 Å². The smallest absolute Gasteiger partial charge is 0.203 e. The molecule has 0 atom stereocenters. The molecule has 2 aromatic rings. The number of hydrazone groups is 1. The molecule has 0 unspecified atom stereocenters. The lowest BCUT2D eigenvalue weighted by Gasteiger charge is -2.12. The van der Waals surface area contributed by atoms with Crippen molar-refractivity contribution in [1.29, 1.82) is 0 Å². The van der Waals surface area contributed by atoms with Crippen LogP contribution in [0.25, 0.3) is 0 Å². The maximum absolute atomic E-state index is 6.21. The molecule has 118 valence electrons. The first-order chi connectivity index (χ1) is 10.5. The van der Waals surface area contributed by atoms with E-state index in [1.54, 1.807) is 12.3 Å². The van der Waals surface area contributed by atoms with Gasteiger partial charge in [-0.05, 0) is 19.9 Å². The number of hydrogen-bond acceptors (Lipinski definition) is 6. The summed E-state index contributed by atoms with van der Waals surface area (Å²) in [6.45, 7) is 3.96. The lowest BCUT2D eigenvalue weighted by molar-refractivity contribution is 0.394. The van der Waals surface area contributed by atoms with Crippen LogP contribution in [0.4, 0.5) is 5.13 Å². The summed E-state index contributed by atoms with van der Waals surface area (Å²) < 4.78 is 10.4. The number of aryl methyl sites for hydroxylation is 2. The van der Waals surface area contributed by atoms with Crippen LogP contribution in [0.3, 0.4) is 0 Å². The highest BCUT2D eigenvalue weighted by Crippen LogP contribution is 2.41. The molecule has 0 aliphatic heterocycles. The van der Waals surface area contributed by atoms with Gasteiger partial charge < -0.3 is 9.47 Å². The number of halogens is 2. The van der Waals surface area contributed by atoms with Crippen molar-refractivity contribution in [3.05, 3.63) is 32.2 Å². The molecule has 0 bridgehead atoms. The molecule has 8 heteroatoms. The predicted octanol–water partition coefficient (Wildman–Crippen LogP) is 4.53. The molecular formula is C14H15Cl2N3O2S. The van der Waals surface area contributed by atoms with Crippen LogP contribution in [0.1, 0.15) is 16.1 Å². The first kappa shape index (κ1) is 16.9. The lowest BCUT2D eigenvalue weighted by atomic mass is 10.2. The molecular weight excluding hydrogens is 345 g/mol. The minimum absolute atomic E-state index is 0.305. The normalized spacial score (nSPS) is 11.0. The van der Waals surface area contributed by atoms with Crippen LogP contribution in [-0.2, 0) is 0 Å². The van der Waals surface area contributed by atoms with E-state index in [1.165, 1.54) is 25.6 Å². The number of anilines is 1. The molecule has 0 aliphatic rings. The highest BCUT2D eigenvalue weighted by Gasteiger charge is 2.16. The van der Waals surface area contributed by atoms with E-state index in [0.29, 0.717) is 27.1 Å². The Balaban J connectivity index is 2.27. The van der Waals surface area contributed by atoms with Crippen LogP contribution in [0, 0.1) is 13.8 Å². The van der Waals surface area contributed by atoms with Gasteiger partial charge in [-0.15, -0.1) is 11.3 Å². The molecule has 0 spiro atoms. The van der Waals surface area contributed by atoms with Crippen LogP contribution in [0.15, 0.2) is 11.2 Å². The second-order valence-electron chi connectivity index (χ2n) is 4.36. The number of hydrogen-bond donors (Lipinski definition) is 1. The van der Waals surface area contributed by atoms with Crippen LogP contribution < -0.4 is 14.9 Å². The quantitative estimate of drug-likeness (QED) is 0.629. The monoisotopic (exact) mass is 359 g/mol. The van der Waals surface area contributed by atoms with Crippen LogP contribution >= 0.6 is 34.5 Å². The van der Waals surface area contributed by atoms with Gasteiger partial charge in [-0.25, -0.2) is 4.98 Å². The fourth-order valence-electron chi connectivity index (χ4n) is 1.77. The predicted molar refractivity (Wildman–Crippen MR) is 92.4 cm³/mol. The average molecular weight is 360 g/mol. The molecule has 0 amide bonds. The van der Waals surface area contributed by atoms with Gasteiger partial charge in [0.25, 0.3) is 0 Å². The first-order valence-electron chi connectivity index (χ1n) is 6.31. The number of ether oxygens (including phenoxy) is 2. The topological polar surface area (TPSA) is 55.7 Å². The van der Waals surface area contributed by atoms with Gasteiger partial charge >= 0.3 is 0 Å². The minimum atomic E-state index is 0.305. The first-order valence-corrected chi connectivity index (χ1v) is 7.88. The van der Waals surface area contributed by atoms with Gasteiger partial charge in [-0.3, -0.25) is 5.43 Å². The van der Waals surface area contributed by atoms with Gasteiger partial charge in [-0.1, -0.05) is 23.2 Å². The zero-order valence-corrected chi connectivity index (χ0v) is 14.9. The Morgan fingerprint density at radius 2 is 1.91 bits per heavy atom. The fraction of sp³-hybridized carbons (Fsp3) is 0.286. The molecule has 22 heavy (non-hydrogen) atoms. The zero-order chi connectivity index (χ0) is 16.3. The van der Waals surface area contributed by atoms with E-state index in [2.05, 4.69) is 15.5 Å². The SMILES string of the molecule is COc1c(Cl)cc(/C=N\Nc2nc(C)c(C)s2)c(OC)c1Cl. The number of benzene rings is 1. The summed E-state index contributed by atoms with van der Waals surface area (Å²) in [6, 6.07) is 1.68. The molecule has 1 heterocycles. The van der Waals surface area contributed by atoms with Crippen molar-refractivity contribution in [2.75, 3.05) is 19.6 Å². The molecule has 0 saturated heterocycles. The number of rotatable bonds is 5. The van der Waals surface area contributed by atoms with E-state index in [9.17, 15) is 0 Å². The Kier molecular flexibility index (Phi) is 5.50.